The lowest BCUT2D eigenvalue weighted by Crippen LogP contribution is -2.36. The van der Waals surface area contributed by atoms with Gasteiger partial charge in [0.25, 0.3) is 0 Å². The Morgan fingerprint density at radius 3 is 2.24 bits per heavy atom. The summed E-state index contributed by atoms with van der Waals surface area (Å²) in [5.74, 6) is 0.609. The van der Waals surface area contributed by atoms with Crippen molar-refractivity contribution in [3.8, 4) is 0 Å². The number of sulfonamides is 1. The Kier molecular flexibility index (Phi) is 14.6. The maximum absolute atomic E-state index is 12.8. The number of rotatable bonds is 19. The lowest BCUT2D eigenvalue weighted by Gasteiger charge is -2.35. The average Bonchev–Trinajstić information content (AvgIpc) is 3.04. The highest BCUT2D eigenvalue weighted by Crippen LogP contribution is 2.48. The third-order valence-electron chi connectivity index (χ3n) is 9.21. The fourth-order valence-corrected chi connectivity index (χ4v) is 8.51. The van der Waals surface area contributed by atoms with Crippen LogP contribution in [-0.2, 0) is 19.6 Å². The fraction of sp³-hybridized carbons (Fsp3) is 0.639. The number of carbonyl (C=O) groups excluding carboxylic acids is 1. The van der Waals surface area contributed by atoms with Gasteiger partial charge in [0.1, 0.15) is 0 Å². The van der Waals surface area contributed by atoms with Crippen LogP contribution in [0.3, 0.4) is 0 Å². The zero-order valence-corrected chi connectivity index (χ0v) is 29.5. The fourth-order valence-electron chi connectivity index (χ4n) is 6.37. The second-order valence-corrected chi connectivity index (χ2v) is 16.1. The van der Waals surface area contributed by atoms with Gasteiger partial charge >= 0.3 is 5.97 Å². The van der Waals surface area contributed by atoms with E-state index in [0.717, 1.165) is 80.2 Å². The first-order chi connectivity index (χ1) is 21.8. The molecule has 0 atom stereocenters. The van der Waals surface area contributed by atoms with Gasteiger partial charge in [-0.25, -0.2) is 12.7 Å². The molecule has 0 unspecified atom stereocenters. The Bertz CT molecular complexity index is 1310. The van der Waals surface area contributed by atoms with Crippen LogP contribution in [0, 0.1) is 5.92 Å². The maximum Gasteiger partial charge on any atom is 0.305 e. The van der Waals surface area contributed by atoms with Gasteiger partial charge in [-0.1, -0.05) is 82.2 Å². The van der Waals surface area contributed by atoms with E-state index in [1.54, 1.807) is 31.9 Å². The van der Waals surface area contributed by atoms with Crippen molar-refractivity contribution in [3.05, 3.63) is 42.5 Å². The predicted octanol–water partition coefficient (Wildman–Crippen LogP) is 8.50. The largest absolute Gasteiger partial charge is 0.466 e. The van der Waals surface area contributed by atoms with Crippen molar-refractivity contribution in [1.82, 2.24) is 9.21 Å². The van der Waals surface area contributed by atoms with E-state index < -0.39 is 10.0 Å². The Morgan fingerprint density at radius 1 is 0.867 bits per heavy atom. The van der Waals surface area contributed by atoms with Crippen molar-refractivity contribution in [2.24, 2.45) is 5.92 Å². The number of likely N-dealkylation sites (tertiary alicyclic amines) is 1. The van der Waals surface area contributed by atoms with Crippen molar-refractivity contribution in [2.75, 3.05) is 51.8 Å². The molecule has 0 aliphatic carbocycles. The number of para-hydroxylation sites is 1. The first kappa shape index (κ1) is 35.8. The summed E-state index contributed by atoms with van der Waals surface area (Å²) in [6.07, 6.45) is 16.2. The van der Waals surface area contributed by atoms with Crippen molar-refractivity contribution in [1.29, 1.82) is 0 Å². The summed E-state index contributed by atoms with van der Waals surface area (Å²) in [7, 11) is -0.351. The summed E-state index contributed by atoms with van der Waals surface area (Å²) >= 11 is 1.64. The molecule has 4 rings (SSSR count). The standard InChI is InChI=1S/C36H55N3O4S2/c1-4-5-6-7-8-9-10-11-12-18-36(40)43-28-23-30-21-26-38(27-22-30)24-15-25-39-32-16-13-14-17-34(32)44-35-29-31(19-20-33(35)39)45(41,42)37(2)3/h13-14,16-17,19-20,29-30H,4-12,15,18,21-28H2,1-3H3. The Morgan fingerprint density at radius 2 is 1.53 bits per heavy atom. The summed E-state index contributed by atoms with van der Waals surface area (Å²) < 4.78 is 32.4. The van der Waals surface area contributed by atoms with Crippen molar-refractivity contribution in [2.45, 2.75) is 112 Å². The quantitative estimate of drug-likeness (QED) is 0.111. The minimum absolute atomic E-state index is 0.0230. The third-order valence-corrected chi connectivity index (χ3v) is 12.1. The van der Waals surface area contributed by atoms with Crippen LogP contribution in [0.2, 0.25) is 0 Å². The SMILES string of the molecule is CCCCCCCCCCCC(=O)OCCC1CCN(CCCN2c3ccccc3Sc3cc(S(=O)(=O)N(C)C)ccc32)CC1. The summed E-state index contributed by atoms with van der Waals surface area (Å²) in [5, 5.41) is 0. The predicted molar refractivity (Wildman–Crippen MR) is 186 cm³/mol. The van der Waals surface area contributed by atoms with Gasteiger partial charge in [0.15, 0.2) is 0 Å². The zero-order valence-electron chi connectivity index (χ0n) is 27.8. The molecule has 1 fully saturated rings. The second-order valence-electron chi connectivity index (χ2n) is 12.9. The van der Waals surface area contributed by atoms with Gasteiger partial charge in [0, 0.05) is 36.9 Å². The normalized spacial score (nSPS) is 15.7. The molecule has 0 aromatic heterocycles. The minimum Gasteiger partial charge on any atom is -0.466 e. The molecule has 0 N–H and O–H groups in total. The third kappa shape index (κ3) is 10.7. The molecule has 7 nitrogen and oxygen atoms in total. The number of anilines is 2. The van der Waals surface area contributed by atoms with Gasteiger partial charge in [-0.15, -0.1) is 0 Å². The van der Waals surface area contributed by atoms with Crippen molar-refractivity contribution < 1.29 is 17.9 Å². The molecule has 2 aromatic carbocycles. The molecule has 2 heterocycles. The van der Waals surface area contributed by atoms with Crippen LogP contribution in [0.4, 0.5) is 11.4 Å². The smallest absolute Gasteiger partial charge is 0.305 e. The molecule has 0 saturated carbocycles. The first-order valence-electron chi connectivity index (χ1n) is 17.3. The number of hydrogen-bond acceptors (Lipinski definition) is 7. The number of hydrogen-bond donors (Lipinski definition) is 0. The summed E-state index contributed by atoms with van der Waals surface area (Å²) in [6, 6.07) is 13.9. The van der Waals surface area contributed by atoms with Crippen LogP contribution in [0.1, 0.15) is 96.8 Å². The van der Waals surface area contributed by atoms with Crippen LogP contribution in [0.5, 0.6) is 0 Å². The Balaban J connectivity index is 1.14. The van der Waals surface area contributed by atoms with E-state index in [9.17, 15) is 13.2 Å². The molecule has 9 heteroatoms. The Labute approximate surface area is 277 Å². The number of piperidine rings is 1. The molecule has 0 radical (unpaired) electrons. The molecule has 0 spiro atoms. The number of fused-ring (bicyclic) bond motifs is 2. The number of nitrogens with zero attached hydrogens (tertiary/aromatic N) is 3. The van der Waals surface area contributed by atoms with Gasteiger partial charge in [0.2, 0.25) is 10.0 Å². The van der Waals surface area contributed by atoms with Crippen LogP contribution in [0.25, 0.3) is 0 Å². The molecule has 0 amide bonds. The highest BCUT2D eigenvalue weighted by Gasteiger charge is 2.27. The first-order valence-corrected chi connectivity index (χ1v) is 19.5. The van der Waals surface area contributed by atoms with Gasteiger partial charge in [-0.2, -0.15) is 0 Å². The number of benzene rings is 2. The van der Waals surface area contributed by atoms with Crippen LogP contribution in [-0.4, -0.2) is 70.5 Å². The van der Waals surface area contributed by atoms with Crippen molar-refractivity contribution in [3.63, 3.8) is 0 Å². The van der Waals surface area contributed by atoms with E-state index in [1.807, 2.05) is 18.2 Å². The Hall–Kier alpha value is -2.07. The van der Waals surface area contributed by atoms with Gasteiger partial charge in [0.05, 0.1) is 22.9 Å². The van der Waals surface area contributed by atoms with Gasteiger partial charge in [-0.3, -0.25) is 4.79 Å². The molecule has 2 aliphatic heterocycles. The molecule has 45 heavy (non-hydrogen) atoms. The topological polar surface area (TPSA) is 70.2 Å². The molecule has 250 valence electrons. The summed E-state index contributed by atoms with van der Waals surface area (Å²) in [4.78, 5) is 19.5. The summed E-state index contributed by atoms with van der Waals surface area (Å²) in [6.45, 7) is 6.90. The summed E-state index contributed by atoms with van der Waals surface area (Å²) in [5.41, 5.74) is 2.26. The number of unbranched alkanes of at least 4 members (excludes halogenated alkanes) is 8. The maximum atomic E-state index is 12.8. The highest BCUT2D eigenvalue weighted by atomic mass is 32.2. The van der Waals surface area contributed by atoms with Crippen LogP contribution >= 0.6 is 11.8 Å². The minimum atomic E-state index is -3.49. The second kappa shape index (κ2) is 18.3. The molecule has 0 bridgehead atoms. The lowest BCUT2D eigenvalue weighted by molar-refractivity contribution is -0.144. The van der Waals surface area contributed by atoms with Gasteiger partial charge in [-0.05, 0) is 88.0 Å². The molecule has 2 aliphatic rings. The zero-order chi connectivity index (χ0) is 32.1. The van der Waals surface area contributed by atoms with E-state index >= 15 is 0 Å². The monoisotopic (exact) mass is 657 g/mol. The van der Waals surface area contributed by atoms with E-state index in [1.165, 1.54) is 54.9 Å². The van der Waals surface area contributed by atoms with E-state index in [4.69, 9.17) is 4.74 Å². The van der Waals surface area contributed by atoms with Gasteiger partial charge < -0.3 is 14.5 Å². The lowest BCUT2D eigenvalue weighted by atomic mass is 9.94. The molecule has 1 saturated heterocycles. The molecular formula is C36H55N3O4S2. The van der Waals surface area contributed by atoms with E-state index in [2.05, 4.69) is 34.9 Å². The molecular weight excluding hydrogens is 603 g/mol. The highest BCUT2D eigenvalue weighted by molar-refractivity contribution is 7.99. The van der Waals surface area contributed by atoms with E-state index in [0.29, 0.717) is 23.8 Å². The van der Waals surface area contributed by atoms with Crippen molar-refractivity contribution >= 4 is 39.1 Å². The number of carbonyl (C=O) groups is 1. The average molecular weight is 658 g/mol. The molecule has 2 aromatic rings. The number of esters is 1. The van der Waals surface area contributed by atoms with Crippen LogP contribution < -0.4 is 4.90 Å². The number of ether oxygens (including phenoxy) is 1. The van der Waals surface area contributed by atoms with E-state index in [-0.39, 0.29) is 5.97 Å². The van der Waals surface area contributed by atoms with Crippen LogP contribution in [0.15, 0.2) is 57.2 Å².